The first-order valence-corrected chi connectivity index (χ1v) is 9.52. The summed E-state index contributed by atoms with van der Waals surface area (Å²) in [6.45, 7) is 10.6. The number of nitrogens with zero attached hydrogens (tertiary/aromatic N) is 1. The molecular formula is C19H33N3O2. The molecule has 0 unspecified atom stereocenters. The van der Waals surface area contributed by atoms with Gasteiger partial charge in [0, 0.05) is 32.1 Å². The molecule has 3 fully saturated rings. The van der Waals surface area contributed by atoms with Gasteiger partial charge in [0.1, 0.15) is 0 Å². The summed E-state index contributed by atoms with van der Waals surface area (Å²) in [5, 5.41) is 6.53. The fourth-order valence-electron chi connectivity index (χ4n) is 5.44. The Balaban J connectivity index is 1.52. The van der Waals surface area contributed by atoms with Crippen LogP contribution in [0.5, 0.6) is 0 Å². The van der Waals surface area contributed by atoms with E-state index in [2.05, 4.69) is 31.4 Å². The molecule has 2 amide bonds. The van der Waals surface area contributed by atoms with Gasteiger partial charge in [0.15, 0.2) is 0 Å². The van der Waals surface area contributed by atoms with Crippen LogP contribution in [-0.2, 0) is 9.59 Å². The Morgan fingerprint density at radius 3 is 2.54 bits per heavy atom. The predicted molar refractivity (Wildman–Crippen MR) is 94.4 cm³/mol. The van der Waals surface area contributed by atoms with Crippen LogP contribution in [0.3, 0.4) is 0 Å². The summed E-state index contributed by atoms with van der Waals surface area (Å²) in [7, 11) is 0. The van der Waals surface area contributed by atoms with Crippen LogP contribution >= 0.6 is 0 Å². The van der Waals surface area contributed by atoms with Gasteiger partial charge >= 0.3 is 0 Å². The predicted octanol–water partition coefficient (Wildman–Crippen LogP) is 1.92. The maximum absolute atomic E-state index is 12.6. The molecule has 1 aliphatic heterocycles. The van der Waals surface area contributed by atoms with Crippen LogP contribution in [0.2, 0.25) is 0 Å². The molecule has 5 heteroatoms. The summed E-state index contributed by atoms with van der Waals surface area (Å²) < 4.78 is 0. The van der Waals surface area contributed by atoms with E-state index in [9.17, 15) is 9.59 Å². The van der Waals surface area contributed by atoms with E-state index in [1.54, 1.807) is 6.92 Å². The molecule has 5 nitrogen and oxygen atoms in total. The van der Waals surface area contributed by atoms with E-state index in [0.29, 0.717) is 30.0 Å². The molecule has 0 radical (unpaired) electrons. The molecule has 3 rings (SSSR count). The normalized spacial score (nSPS) is 37.5. The Labute approximate surface area is 145 Å². The minimum absolute atomic E-state index is 0.00967. The lowest BCUT2D eigenvalue weighted by Crippen LogP contribution is -2.53. The number of nitrogens with one attached hydrogen (secondary N) is 2. The zero-order valence-corrected chi connectivity index (χ0v) is 15.7. The van der Waals surface area contributed by atoms with Crippen LogP contribution in [0.15, 0.2) is 0 Å². The number of piperidine rings is 1. The molecule has 2 saturated carbocycles. The van der Waals surface area contributed by atoms with Gasteiger partial charge in [-0.3, -0.25) is 9.59 Å². The van der Waals surface area contributed by atoms with Crippen LogP contribution in [0, 0.1) is 16.7 Å². The average Bonchev–Trinajstić information content (AvgIpc) is 2.85. The van der Waals surface area contributed by atoms with E-state index in [-0.39, 0.29) is 17.9 Å². The van der Waals surface area contributed by atoms with E-state index in [4.69, 9.17) is 0 Å². The van der Waals surface area contributed by atoms with Crippen LogP contribution in [0.25, 0.3) is 0 Å². The van der Waals surface area contributed by atoms with Crippen molar-refractivity contribution in [1.29, 1.82) is 0 Å². The van der Waals surface area contributed by atoms with Crippen molar-refractivity contribution in [2.75, 3.05) is 19.6 Å². The number of hydrogen-bond acceptors (Lipinski definition) is 3. The highest BCUT2D eigenvalue weighted by Gasteiger charge is 2.61. The van der Waals surface area contributed by atoms with Crippen molar-refractivity contribution in [2.24, 2.45) is 16.7 Å². The number of amides is 2. The first-order chi connectivity index (χ1) is 11.2. The van der Waals surface area contributed by atoms with Gasteiger partial charge < -0.3 is 15.5 Å². The molecule has 0 aromatic heterocycles. The van der Waals surface area contributed by atoms with Gasteiger partial charge in [0.05, 0.1) is 6.54 Å². The molecule has 2 N–H and O–H groups in total. The zero-order chi connectivity index (χ0) is 17.5. The van der Waals surface area contributed by atoms with Gasteiger partial charge in [-0.25, -0.2) is 0 Å². The zero-order valence-electron chi connectivity index (χ0n) is 15.7. The van der Waals surface area contributed by atoms with E-state index in [1.807, 2.05) is 4.90 Å². The van der Waals surface area contributed by atoms with Gasteiger partial charge in [-0.1, -0.05) is 20.8 Å². The summed E-state index contributed by atoms with van der Waals surface area (Å²) in [5.74, 6) is 0.952. The lowest BCUT2D eigenvalue weighted by Gasteiger charge is -2.40. The molecular weight excluding hydrogens is 302 g/mol. The summed E-state index contributed by atoms with van der Waals surface area (Å²) >= 11 is 0. The first kappa shape index (κ1) is 17.7. The Morgan fingerprint density at radius 2 is 1.96 bits per heavy atom. The number of rotatable bonds is 4. The maximum Gasteiger partial charge on any atom is 0.236 e. The number of likely N-dealkylation sites (tertiary alicyclic amines) is 1. The van der Waals surface area contributed by atoms with Gasteiger partial charge in [-0.2, -0.15) is 0 Å². The maximum atomic E-state index is 12.6. The Bertz CT molecular complexity index is 519. The van der Waals surface area contributed by atoms with E-state index in [0.717, 1.165) is 25.3 Å². The van der Waals surface area contributed by atoms with Crippen molar-refractivity contribution in [3.05, 3.63) is 0 Å². The van der Waals surface area contributed by atoms with Crippen molar-refractivity contribution in [1.82, 2.24) is 15.5 Å². The molecule has 4 atom stereocenters. The minimum atomic E-state index is -0.00967. The Morgan fingerprint density at radius 1 is 1.21 bits per heavy atom. The van der Waals surface area contributed by atoms with E-state index < -0.39 is 0 Å². The highest BCUT2D eigenvalue weighted by Crippen LogP contribution is 2.65. The molecule has 0 aromatic carbocycles. The third-order valence-electron chi connectivity index (χ3n) is 7.48. The highest BCUT2D eigenvalue weighted by atomic mass is 16.2. The quantitative estimate of drug-likeness (QED) is 0.825. The number of carbonyl (C=O) groups is 2. The molecule has 2 aliphatic carbocycles. The molecule has 2 bridgehead atoms. The van der Waals surface area contributed by atoms with Crippen molar-refractivity contribution in [2.45, 2.75) is 71.9 Å². The smallest absolute Gasteiger partial charge is 0.236 e. The van der Waals surface area contributed by atoms with Crippen molar-refractivity contribution < 1.29 is 9.59 Å². The monoisotopic (exact) mass is 335 g/mol. The van der Waals surface area contributed by atoms with Crippen molar-refractivity contribution in [3.63, 3.8) is 0 Å². The second kappa shape index (κ2) is 6.32. The summed E-state index contributed by atoms with van der Waals surface area (Å²) in [6, 6.07) is 0.560. The van der Waals surface area contributed by atoms with Crippen molar-refractivity contribution in [3.8, 4) is 0 Å². The average molecular weight is 335 g/mol. The molecule has 0 aromatic rings. The number of carbonyl (C=O) groups excluding carboxylic acids is 2. The third-order valence-corrected chi connectivity index (χ3v) is 7.48. The molecule has 1 heterocycles. The van der Waals surface area contributed by atoms with E-state index in [1.165, 1.54) is 19.3 Å². The van der Waals surface area contributed by atoms with Gasteiger partial charge in [0.2, 0.25) is 11.8 Å². The SMILES string of the molecule is CC(=O)N[C@H]1CCCN(C(=O)CN[C@H]2C[C@H]3CC[C@@]2(C)C3(C)C)C1. The first-order valence-electron chi connectivity index (χ1n) is 9.52. The molecule has 24 heavy (non-hydrogen) atoms. The Hall–Kier alpha value is -1.10. The van der Waals surface area contributed by atoms with Gasteiger partial charge in [0.25, 0.3) is 0 Å². The van der Waals surface area contributed by atoms with Gasteiger partial charge in [-0.05, 0) is 48.9 Å². The fraction of sp³-hybridized carbons (Fsp3) is 0.895. The lowest BCUT2D eigenvalue weighted by molar-refractivity contribution is -0.132. The van der Waals surface area contributed by atoms with Crippen LogP contribution in [0.4, 0.5) is 0 Å². The second-order valence-electron chi connectivity index (χ2n) is 8.92. The number of hydrogen-bond donors (Lipinski definition) is 2. The topological polar surface area (TPSA) is 61.4 Å². The highest BCUT2D eigenvalue weighted by molar-refractivity contribution is 5.78. The summed E-state index contributed by atoms with van der Waals surface area (Å²) in [5.41, 5.74) is 0.675. The largest absolute Gasteiger partial charge is 0.352 e. The van der Waals surface area contributed by atoms with Crippen LogP contribution < -0.4 is 10.6 Å². The third kappa shape index (κ3) is 2.96. The molecule has 136 valence electrons. The van der Waals surface area contributed by atoms with Gasteiger partial charge in [-0.15, -0.1) is 0 Å². The van der Waals surface area contributed by atoms with Crippen LogP contribution in [-0.4, -0.2) is 48.4 Å². The Kier molecular flexibility index (Phi) is 4.67. The lowest BCUT2D eigenvalue weighted by atomic mass is 9.69. The molecule has 0 spiro atoms. The summed E-state index contributed by atoms with van der Waals surface area (Å²) in [6.07, 6.45) is 5.73. The minimum Gasteiger partial charge on any atom is -0.352 e. The van der Waals surface area contributed by atoms with Crippen LogP contribution in [0.1, 0.15) is 59.8 Å². The molecule has 1 saturated heterocycles. The standard InChI is InChI=1S/C19H33N3O2/c1-13(23)21-15-6-5-9-22(12-15)17(24)11-20-16-10-14-7-8-19(16,4)18(14,2)3/h14-16,20H,5-12H2,1-4H3,(H,21,23)/t14-,15+,16+,19-/m1/s1. The summed E-state index contributed by atoms with van der Waals surface area (Å²) in [4.78, 5) is 25.8. The van der Waals surface area contributed by atoms with Crippen molar-refractivity contribution >= 4 is 11.8 Å². The fourth-order valence-corrected chi connectivity index (χ4v) is 5.44. The van der Waals surface area contributed by atoms with E-state index >= 15 is 0 Å². The number of fused-ring (bicyclic) bond motifs is 2. The molecule has 3 aliphatic rings. The second-order valence-corrected chi connectivity index (χ2v) is 8.92.